The predicted octanol–water partition coefficient (Wildman–Crippen LogP) is 6.35. The highest BCUT2D eigenvalue weighted by atomic mass is 127. The number of hydrogen-bond acceptors (Lipinski definition) is 3. The number of carbonyl (C=O) groups is 2. The number of ether oxygens (including phenoxy) is 1. The minimum atomic E-state index is -0.310. The zero-order valence-electron chi connectivity index (χ0n) is 16.7. The molecular formula is C23H21ClI2N2O3. The molecule has 31 heavy (non-hydrogen) atoms. The van der Waals surface area contributed by atoms with Crippen LogP contribution in [-0.2, 0) is 11.4 Å². The van der Waals surface area contributed by atoms with Gasteiger partial charge in [-0.3, -0.25) is 9.69 Å². The third-order valence-corrected chi connectivity index (χ3v) is 7.33. The molecule has 0 radical (unpaired) electrons. The third-order valence-electron chi connectivity index (χ3n) is 5.48. The van der Waals surface area contributed by atoms with Crippen LogP contribution in [0.15, 0.2) is 42.1 Å². The molecule has 0 spiro atoms. The van der Waals surface area contributed by atoms with Crippen LogP contribution in [-0.4, -0.2) is 22.9 Å². The van der Waals surface area contributed by atoms with Crippen molar-refractivity contribution in [3.8, 4) is 5.75 Å². The standard InChI is InChI=1S/C23H21ClI2N2O3/c24-16-8-6-14(7-9-16)13-31-21-18(25)10-15(11-19(21)26)12-20-22(29)28(23(30)27-20)17-4-2-1-3-5-17/h6-12,17H,1-5,13H2,(H,27,30)/b20-12-. The van der Waals surface area contributed by atoms with Gasteiger partial charge in [-0.2, -0.15) is 0 Å². The van der Waals surface area contributed by atoms with Crippen LogP contribution in [0.3, 0.4) is 0 Å². The first kappa shape index (κ1) is 22.8. The number of hydrogen-bond donors (Lipinski definition) is 1. The first-order chi connectivity index (χ1) is 14.9. The van der Waals surface area contributed by atoms with Gasteiger partial charge in [0.1, 0.15) is 18.1 Å². The van der Waals surface area contributed by atoms with Crippen molar-refractivity contribution >= 4 is 74.8 Å². The van der Waals surface area contributed by atoms with Gasteiger partial charge in [-0.05, 0) is 99.5 Å². The number of urea groups is 1. The van der Waals surface area contributed by atoms with Gasteiger partial charge in [-0.15, -0.1) is 0 Å². The number of carbonyl (C=O) groups excluding carboxylic acids is 2. The lowest BCUT2D eigenvalue weighted by atomic mass is 9.94. The van der Waals surface area contributed by atoms with E-state index in [2.05, 4.69) is 50.5 Å². The van der Waals surface area contributed by atoms with Gasteiger partial charge in [0.2, 0.25) is 0 Å². The molecule has 1 heterocycles. The Morgan fingerprint density at radius 1 is 1.06 bits per heavy atom. The van der Waals surface area contributed by atoms with Crippen LogP contribution in [0.1, 0.15) is 43.2 Å². The average Bonchev–Trinajstić information content (AvgIpc) is 3.02. The third kappa shape index (κ3) is 5.36. The minimum Gasteiger partial charge on any atom is -0.487 e. The first-order valence-corrected chi connectivity index (χ1v) is 12.7. The van der Waals surface area contributed by atoms with Crippen LogP contribution in [0.2, 0.25) is 5.02 Å². The van der Waals surface area contributed by atoms with E-state index in [0.29, 0.717) is 17.3 Å². The molecule has 1 aliphatic heterocycles. The smallest absolute Gasteiger partial charge is 0.329 e. The van der Waals surface area contributed by atoms with Crippen LogP contribution in [0, 0.1) is 7.14 Å². The number of nitrogens with zero attached hydrogens (tertiary/aromatic N) is 1. The molecule has 162 valence electrons. The molecule has 1 saturated heterocycles. The van der Waals surface area contributed by atoms with Crippen molar-refractivity contribution in [3.05, 3.63) is 65.4 Å². The second kappa shape index (κ2) is 10.1. The molecule has 2 fully saturated rings. The Balaban J connectivity index is 1.49. The highest BCUT2D eigenvalue weighted by Gasteiger charge is 2.38. The van der Waals surface area contributed by atoms with Gasteiger partial charge < -0.3 is 10.1 Å². The summed E-state index contributed by atoms with van der Waals surface area (Å²) in [6, 6.07) is 11.2. The quantitative estimate of drug-likeness (QED) is 0.231. The molecule has 1 aliphatic carbocycles. The number of imide groups is 1. The van der Waals surface area contributed by atoms with Gasteiger partial charge in [0.05, 0.1) is 7.14 Å². The Labute approximate surface area is 213 Å². The van der Waals surface area contributed by atoms with Gasteiger partial charge in [-0.1, -0.05) is 43.0 Å². The Kier molecular flexibility index (Phi) is 7.43. The SMILES string of the molecule is O=C1N/C(=C\c2cc(I)c(OCc3ccc(Cl)cc3)c(I)c2)C(=O)N1C1CCCCC1. The van der Waals surface area contributed by atoms with Crippen molar-refractivity contribution < 1.29 is 14.3 Å². The molecule has 4 rings (SSSR count). The molecule has 2 aromatic carbocycles. The largest absolute Gasteiger partial charge is 0.487 e. The summed E-state index contributed by atoms with van der Waals surface area (Å²) in [5.74, 6) is 0.564. The van der Waals surface area contributed by atoms with E-state index < -0.39 is 0 Å². The van der Waals surface area contributed by atoms with Crippen LogP contribution in [0.4, 0.5) is 4.79 Å². The van der Waals surface area contributed by atoms with E-state index in [1.54, 1.807) is 6.08 Å². The van der Waals surface area contributed by atoms with Crippen molar-refractivity contribution in [1.29, 1.82) is 0 Å². The summed E-state index contributed by atoms with van der Waals surface area (Å²) in [7, 11) is 0. The molecule has 2 aliphatic rings. The fourth-order valence-electron chi connectivity index (χ4n) is 3.92. The van der Waals surface area contributed by atoms with Crippen LogP contribution >= 0.6 is 56.8 Å². The fourth-order valence-corrected chi connectivity index (χ4v) is 6.18. The molecule has 0 aromatic heterocycles. The maximum atomic E-state index is 12.9. The lowest BCUT2D eigenvalue weighted by Crippen LogP contribution is -2.41. The van der Waals surface area contributed by atoms with E-state index in [0.717, 1.165) is 49.7 Å². The average molecular weight is 663 g/mol. The summed E-state index contributed by atoms with van der Waals surface area (Å²) in [4.78, 5) is 26.7. The van der Waals surface area contributed by atoms with Gasteiger partial charge in [0.15, 0.2) is 0 Å². The number of rotatable bonds is 5. The monoisotopic (exact) mass is 662 g/mol. The van der Waals surface area contributed by atoms with Crippen molar-refractivity contribution in [2.45, 2.75) is 44.8 Å². The Hall–Kier alpha value is -1.33. The first-order valence-electron chi connectivity index (χ1n) is 10.1. The summed E-state index contributed by atoms with van der Waals surface area (Å²) in [5.41, 5.74) is 2.21. The molecule has 0 unspecified atom stereocenters. The van der Waals surface area contributed by atoms with E-state index in [1.807, 2.05) is 36.4 Å². The maximum Gasteiger partial charge on any atom is 0.329 e. The van der Waals surface area contributed by atoms with E-state index in [-0.39, 0.29) is 18.0 Å². The minimum absolute atomic E-state index is 0.0102. The zero-order valence-corrected chi connectivity index (χ0v) is 21.7. The van der Waals surface area contributed by atoms with Crippen molar-refractivity contribution in [1.82, 2.24) is 10.2 Å². The van der Waals surface area contributed by atoms with Crippen molar-refractivity contribution in [3.63, 3.8) is 0 Å². The van der Waals surface area contributed by atoms with Gasteiger partial charge in [0, 0.05) is 11.1 Å². The Bertz CT molecular complexity index is 1010. The van der Waals surface area contributed by atoms with Gasteiger partial charge in [-0.25, -0.2) is 4.79 Å². The molecule has 0 bridgehead atoms. The normalized spacial score (nSPS) is 18.5. The highest BCUT2D eigenvalue weighted by Crippen LogP contribution is 2.32. The zero-order chi connectivity index (χ0) is 22.0. The topological polar surface area (TPSA) is 58.6 Å². The number of nitrogens with one attached hydrogen (secondary N) is 1. The molecule has 3 amide bonds. The van der Waals surface area contributed by atoms with Crippen LogP contribution in [0.25, 0.3) is 6.08 Å². The van der Waals surface area contributed by atoms with Crippen molar-refractivity contribution in [2.24, 2.45) is 0 Å². The second-order valence-electron chi connectivity index (χ2n) is 7.68. The Morgan fingerprint density at radius 2 is 1.71 bits per heavy atom. The summed E-state index contributed by atoms with van der Waals surface area (Å²) >= 11 is 10.4. The molecule has 5 nitrogen and oxygen atoms in total. The molecule has 8 heteroatoms. The molecule has 2 aromatic rings. The second-order valence-corrected chi connectivity index (χ2v) is 10.4. The van der Waals surface area contributed by atoms with E-state index in [9.17, 15) is 9.59 Å². The van der Waals surface area contributed by atoms with E-state index in [1.165, 1.54) is 11.3 Å². The number of amides is 3. The van der Waals surface area contributed by atoms with Gasteiger partial charge in [0.25, 0.3) is 5.91 Å². The lowest BCUT2D eigenvalue weighted by molar-refractivity contribution is -0.124. The van der Waals surface area contributed by atoms with Crippen LogP contribution in [0.5, 0.6) is 5.75 Å². The van der Waals surface area contributed by atoms with E-state index >= 15 is 0 Å². The summed E-state index contributed by atoms with van der Waals surface area (Å²) in [5, 5.41) is 3.45. The molecule has 1 saturated carbocycles. The van der Waals surface area contributed by atoms with Gasteiger partial charge >= 0.3 is 6.03 Å². The van der Waals surface area contributed by atoms with Crippen molar-refractivity contribution in [2.75, 3.05) is 0 Å². The molecule has 0 atom stereocenters. The fraction of sp³-hybridized carbons (Fsp3) is 0.304. The number of benzene rings is 2. The summed E-state index contributed by atoms with van der Waals surface area (Å²) in [6.45, 7) is 0.439. The predicted molar refractivity (Wildman–Crippen MR) is 138 cm³/mol. The summed E-state index contributed by atoms with van der Waals surface area (Å²) in [6.07, 6.45) is 6.83. The summed E-state index contributed by atoms with van der Waals surface area (Å²) < 4.78 is 7.90. The highest BCUT2D eigenvalue weighted by molar-refractivity contribution is 14.1. The van der Waals surface area contributed by atoms with Crippen LogP contribution < -0.4 is 10.1 Å². The van der Waals surface area contributed by atoms with E-state index in [4.69, 9.17) is 16.3 Å². The maximum absolute atomic E-state index is 12.9. The molecular weight excluding hydrogens is 642 g/mol. The molecule has 1 N–H and O–H groups in total. The lowest BCUT2D eigenvalue weighted by Gasteiger charge is -2.28. The Morgan fingerprint density at radius 3 is 2.35 bits per heavy atom. The number of halogens is 3.